The van der Waals surface area contributed by atoms with E-state index in [9.17, 15) is 14.4 Å². The average molecular weight is 553 g/mol. The second kappa shape index (κ2) is 11.5. The molecule has 0 aliphatic rings. The van der Waals surface area contributed by atoms with Gasteiger partial charge in [-0.15, -0.1) is 0 Å². The Hall–Kier alpha value is -4.82. The molecule has 0 spiro atoms. The summed E-state index contributed by atoms with van der Waals surface area (Å²) in [6.45, 7) is 1.44. The van der Waals surface area contributed by atoms with Crippen molar-refractivity contribution in [3.8, 4) is 16.9 Å². The number of nitrogens with one attached hydrogen (secondary N) is 1. The number of ether oxygens (including phenoxy) is 1. The second-order valence-electron chi connectivity index (χ2n) is 9.24. The first-order chi connectivity index (χ1) is 19.3. The van der Waals surface area contributed by atoms with Crippen molar-refractivity contribution in [3.63, 3.8) is 0 Å². The van der Waals surface area contributed by atoms with Crippen molar-refractivity contribution in [2.75, 3.05) is 12.4 Å². The van der Waals surface area contributed by atoms with E-state index in [0.29, 0.717) is 33.1 Å². The van der Waals surface area contributed by atoms with Gasteiger partial charge in [0.15, 0.2) is 5.78 Å². The Kier molecular flexibility index (Phi) is 7.70. The van der Waals surface area contributed by atoms with E-state index in [0.717, 1.165) is 16.5 Å². The molecule has 1 amide bonds. The Morgan fingerprint density at radius 1 is 1.02 bits per heavy atom. The molecule has 5 aromatic rings. The molecule has 0 radical (unpaired) electrons. The smallest absolute Gasteiger partial charge is 0.252 e. The lowest BCUT2D eigenvalue weighted by atomic mass is 9.97. The number of hydrogen-bond acceptors (Lipinski definition) is 6. The van der Waals surface area contributed by atoms with Crippen LogP contribution in [0.1, 0.15) is 28.9 Å². The number of rotatable bonds is 8. The summed E-state index contributed by atoms with van der Waals surface area (Å²) in [7, 11) is 1.47. The summed E-state index contributed by atoms with van der Waals surface area (Å²) in [5, 5.41) is 4.12. The number of carbonyl (C=O) groups is 2. The Bertz CT molecular complexity index is 1790. The summed E-state index contributed by atoms with van der Waals surface area (Å²) < 4.78 is 7.01. The van der Waals surface area contributed by atoms with Crippen LogP contribution in [0, 0.1) is 0 Å². The standard InChI is InChI=1S/C31H25ClN4O4/c1-19(37)24-10-8-22(32)14-25(24)26-15-30(38)36(17-29(26)40-2)28(12-20-6-4-3-5-7-20)31(39)35-23-9-11-27-21(13-23)16-33-18-34-27/h3-11,13-18,28H,12H2,1-2H3,(H,35,39). The number of nitrogens with zero attached hydrogens (tertiary/aromatic N) is 3. The SMILES string of the molecule is COc1cn(C(Cc2ccccc2)C(=O)Nc2ccc3ncncc3c2)c(=O)cc1-c1cc(Cl)ccc1C(C)=O. The highest BCUT2D eigenvalue weighted by molar-refractivity contribution is 6.31. The van der Waals surface area contributed by atoms with Crippen molar-refractivity contribution in [1.82, 2.24) is 14.5 Å². The predicted molar refractivity (Wildman–Crippen MR) is 155 cm³/mol. The maximum Gasteiger partial charge on any atom is 0.252 e. The molecule has 1 atom stereocenters. The maximum absolute atomic E-state index is 13.7. The number of Topliss-reactive ketones (excluding diaryl/α,β-unsaturated/α-hetero) is 1. The summed E-state index contributed by atoms with van der Waals surface area (Å²) in [5.41, 5.74) is 3.02. The van der Waals surface area contributed by atoms with Gasteiger partial charge in [0.05, 0.1) is 18.8 Å². The molecule has 2 aromatic heterocycles. The van der Waals surface area contributed by atoms with E-state index in [4.69, 9.17) is 16.3 Å². The van der Waals surface area contributed by atoms with Gasteiger partial charge in [-0.25, -0.2) is 9.97 Å². The minimum atomic E-state index is -0.910. The van der Waals surface area contributed by atoms with E-state index >= 15 is 0 Å². The Morgan fingerprint density at radius 3 is 2.58 bits per heavy atom. The highest BCUT2D eigenvalue weighted by Gasteiger charge is 2.25. The monoisotopic (exact) mass is 552 g/mol. The lowest BCUT2D eigenvalue weighted by molar-refractivity contribution is -0.119. The molecular formula is C31H25ClN4O4. The Morgan fingerprint density at radius 2 is 1.82 bits per heavy atom. The summed E-state index contributed by atoms with van der Waals surface area (Å²) >= 11 is 6.24. The molecule has 0 saturated heterocycles. The van der Waals surface area contributed by atoms with Crippen molar-refractivity contribution < 1.29 is 14.3 Å². The average Bonchev–Trinajstić information content (AvgIpc) is 2.96. The van der Waals surface area contributed by atoms with Gasteiger partial charge >= 0.3 is 0 Å². The van der Waals surface area contributed by atoms with E-state index in [1.165, 1.54) is 37.2 Å². The number of hydrogen-bond donors (Lipinski definition) is 1. The molecule has 0 aliphatic carbocycles. The molecule has 0 aliphatic heterocycles. The zero-order chi connectivity index (χ0) is 28.2. The fourth-order valence-electron chi connectivity index (χ4n) is 4.63. The highest BCUT2D eigenvalue weighted by atomic mass is 35.5. The van der Waals surface area contributed by atoms with Gasteiger partial charge in [-0.2, -0.15) is 0 Å². The van der Waals surface area contributed by atoms with E-state index in [1.54, 1.807) is 42.6 Å². The Balaban J connectivity index is 1.58. The number of aromatic nitrogens is 3. The third-order valence-corrected chi connectivity index (χ3v) is 6.83. The third kappa shape index (κ3) is 5.62. The van der Waals surface area contributed by atoms with Crippen molar-refractivity contribution in [3.05, 3.63) is 118 Å². The van der Waals surface area contributed by atoms with Crippen LogP contribution in [0.3, 0.4) is 0 Å². The number of ketones is 1. The van der Waals surface area contributed by atoms with E-state index in [1.807, 2.05) is 30.3 Å². The molecular weight excluding hydrogens is 528 g/mol. The second-order valence-corrected chi connectivity index (χ2v) is 9.67. The largest absolute Gasteiger partial charge is 0.495 e. The molecule has 9 heteroatoms. The summed E-state index contributed by atoms with van der Waals surface area (Å²) in [6.07, 6.45) is 4.88. The van der Waals surface area contributed by atoms with Gasteiger partial charge in [0, 0.05) is 45.9 Å². The zero-order valence-electron chi connectivity index (χ0n) is 21.8. The van der Waals surface area contributed by atoms with Crippen LogP contribution in [0.4, 0.5) is 5.69 Å². The third-order valence-electron chi connectivity index (χ3n) is 6.60. The lowest BCUT2D eigenvalue weighted by Crippen LogP contribution is -2.34. The van der Waals surface area contributed by atoms with Crippen LogP contribution in [-0.4, -0.2) is 33.3 Å². The van der Waals surface area contributed by atoms with E-state index < -0.39 is 11.6 Å². The van der Waals surface area contributed by atoms with E-state index in [-0.39, 0.29) is 18.1 Å². The number of methoxy groups -OCH3 is 1. The first-order valence-electron chi connectivity index (χ1n) is 12.5. The fourth-order valence-corrected chi connectivity index (χ4v) is 4.81. The van der Waals surface area contributed by atoms with Crippen molar-refractivity contribution in [1.29, 1.82) is 0 Å². The molecule has 40 heavy (non-hydrogen) atoms. The first kappa shape index (κ1) is 26.8. The van der Waals surface area contributed by atoms with Crippen LogP contribution < -0.4 is 15.6 Å². The van der Waals surface area contributed by atoms with Gasteiger partial charge in [-0.1, -0.05) is 41.9 Å². The molecule has 3 aromatic carbocycles. The molecule has 0 saturated carbocycles. The van der Waals surface area contributed by atoms with Crippen LogP contribution in [0.25, 0.3) is 22.0 Å². The minimum absolute atomic E-state index is 0.181. The van der Waals surface area contributed by atoms with Crippen LogP contribution in [-0.2, 0) is 11.2 Å². The topological polar surface area (TPSA) is 103 Å². The van der Waals surface area contributed by atoms with Crippen LogP contribution in [0.5, 0.6) is 5.75 Å². The van der Waals surface area contributed by atoms with Gasteiger partial charge in [0.1, 0.15) is 18.1 Å². The molecule has 0 bridgehead atoms. The van der Waals surface area contributed by atoms with Crippen molar-refractivity contribution >= 4 is 39.9 Å². The molecule has 8 nitrogen and oxygen atoms in total. The number of anilines is 1. The number of pyridine rings is 1. The van der Waals surface area contributed by atoms with Crippen LogP contribution in [0.2, 0.25) is 5.02 Å². The number of fused-ring (bicyclic) bond motifs is 1. The summed E-state index contributed by atoms with van der Waals surface area (Å²) in [5.74, 6) is -0.248. The van der Waals surface area contributed by atoms with Crippen LogP contribution in [0.15, 0.2) is 96.3 Å². The predicted octanol–water partition coefficient (Wildman–Crippen LogP) is 5.75. The number of halogens is 1. The maximum atomic E-state index is 13.7. The van der Waals surface area contributed by atoms with Gasteiger partial charge in [0.2, 0.25) is 5.91 Å². The molecule has 2 heterocycles. The quantitative estimate of drug-likeness (QED) is 0.246. The van der Waals surface area contributed by atoms with Crippen molar-refractivity contribution in [2.24, 2.45) is 0 Å². The Labute approximate surface area is 235 Å². The molecule has 0 fully saturated rings. The summed E-state index contributed by atoms with van der Waals surface area (Å²) in [4.78, 5) is 47.9. The van der Waals surface area contributed by atoms with Gasteiger partial charge in [-0.05, 0) is 54.4 Å². The molecule has 5 rings (SSSR count). The van der Waals surface area contributed by atoms with E-state index in [2.05, 4.69) is 15.3 Å². The zero-order valence-corrected chi connectivity index (χ0v) is 22.6. The van der Waals surface area contributed by atoms with Gasteiger partial charge < -0.3 is 10.1 Å². The number of carbonyl (C=O) groups excluding carboxylic acids is 2. The first-order valence-corrected chi connectivity index (χ1v) is 12.9. The van der Waals surface area contributed by atoms with Crippen molar-refractivity contribution in [2.45, 2.75) is 19.4 Å². The highest BCUT2D eigenvalue weighted by Crippen LogP contribution is 2.34. The minimum Gasteiger partial charge on any atom is -0.495 e. The summed E-state index contributed by atoms with van der Waals surface area (Å²) in [6, 6.07) is 20.1. The molecule has 200 valence electrons. The van der Waals surface area contributed by atoms with Gasteiger partial charge in [0.25, 0.3) is 5.56 Å². The van der Waals surface area contributed by atoms with Crippen LogP contribution >= 0.6 is 11.6 Å². The fraction of sp³-hybridized carbons (Fsp3) is 0.129. The molecule has 1 unspecified atom stereocenters. The number of benzene rings is 3. The van der Waals surface area contributed by atoms with Gasteiger partial charge in [-0.3, -0.25) is 19.0 Å². The lowest BCUT2D eigenvalue weighted by Gasteiger charge is -2.22. The molecule has 1 N–H and O–H groups in total. The normalized spacial score (nSPS) is 11.7. The number of amides is 1.